The van der Waals surface area contributed by atoms with E-state index in [4.69, 9.17) is 18.0 Å². The lowest BCUT2D eigenvalue weighted by Crippen LogP contribution is -2.32. The van der Waals surface area contributed by atoms with Crippen molar-refractivity contribution in [1.82, 2.24) is 14.9 Å². The molecule has 0 unspecified atom stereocenters. The zero-order chi connectivity index (χ0) is 11.3. The molecule has 1 aromatic rings. The van der Waals surface area contributed by atoms with Crippen molar-refractivity contribution in [2.75, 3.05) is 13.1 Å². The van der Waals surface area contributed by atoms with E-state index in [0.717, 1.165) is 0 Å². The normalized spacial score (nSPS) is 9.87. The average molecular weight is 228 g/mol. The van der Waals surface area contributed by atoms with Gasteiger partial charge in [0, 0.05) is 19.3 Å². The number of aromatic amines is 1. The van der Waals surface area contributed by atoms with Gasteiger partial charge in [-0.25, -0.2) is 4.79 Å². The second kappa shape index (κ2) is 5.39. The zero-order valence-electron chi connectivity index (χ0n) is 7.92. The number of H-pyrrole nitrogens is 1. The molecule has 0 saturated carbocycles. The van der Waals surface area contributed by atoms with Crippen LogP contribution in [-0.2, 0) is 6.54 Å². The summed E-state index contributed by atoms with van der Waals surface area (Å²) in [6, 6.07) is 0. The summed E-state index contributed by atoms with van der Waals surface area (Å²) in [6.45, 7) is 1.37. The van der Waals surface area contributed by atoms with Gasteiger partial charge in [-0.2, -0.15) is 0 Å². The Morgan fingerprint density at radius 2 is 2.33 bits per heavy atom. The van der Waals surface area contributed by atoms with Crippen molar-refractivity contribution in [3.8, 4) is 12.3 Å². The van der Waals surface area contributed by atoms with E-state index in [1.807, 2.05) is 0 Å². The maximum atomic E-state index is 11.2. The second-order valence-corrected chi connectivity index (χ2v) is 3.22. The first kappa shape index (κ1) is 11.6. The highest BCUT2D eigenvalue weighted by Crippen LogP contribution is 1.94. The van der Waals surface area contributed by atoms with Gasteiger partial charge in [-0.1, -0.05) is 17.5 Å². The van der Waals surface area contributed by atoms with E-state index in [9.17, 15) is 9.59 Å². The smallest absolute Gasteiger partial charge is 0.304 e. The van der Waals surface area contributed by atoms with E-state index in [1.165, 1.54) is 10.8 Å². The van der Waals surface area contributed by atoms with Gasteiger partial charge >= 0.3 is 5.69 Å². The van der Waals surface area contributed by atoms with E-state index in [-0.39, 0.29) is 5.02 Å². The molecule has 6 heteroatoms. The number of nitrogens with zero attached hydrogens (tertiary/aromatic N) is 1. The van der Waals surface area contributed by atoms with Crippen LogP contribution in [0.15, 0.2) is 15.8 Å². The third kappa shape index (κ3) is 3.27. The summed E-state index contributed by atoms with van der Waals surface area (Å²) in [7, 11) is 0. The molecule has 0 spiro atoms. The molecule has 0 saturated heterocycles. The SMILES string of the molecule is C#CCNCCn1cc(Cl)c(=O)[nH]c1=O. The van der Waals surface area contributed by atoms with Gasteiger partial charge in [0.25, 0.3) is 5.56 Å². The van der Waals surface area contributed by atoms with Gasteiger partial charge in [0.1, 0.15) is 5.02 Å². The molecule has 2 N–H and O–H groups in total. The maximum absolute atomic E-state index is 11.2. The average Bonchev–Trinajstić information content (AvgIpc) is 2.20. The predicted molar refractivity (Wildman–Crippen MR) is 58.0 cm³/mol. The molecule has 0 aromatic carbocycles. The lowest BCUT2D eigenvalue weighted by atomic mass is 10.5. The summed E-state index contributed by atoms with van der Waals surface area (Å²) < 4.78 is 1.31. The summed E-state index contributed by atoms with van der Waals surface area (Å²) in [5.74, 6) is 2.41. The third-order valence-electron chi connectivity index (χ3n) is 1.72. The quantitative estimate of drug-likeness (QED) is 0.534. The van der Waals surface area contributed by atoms with E-state index >= 15 is 0 Å². The third-order valence-corrected chi connectivity index (χ3v) is 1.99. The van der Waals surface area contributed by atoms with Gasteiger partial charge in [0.2, 0.25) is 0 Å². The Hall–Kier alpha value is -1.51. The van der Waals surface area contributed by atoms with Gasteiger partial charge in [0.15, 0.2) is 0 Å². The fourth-order valence-corrected chi connectivity index (χ4v) is 1.17. The van der Waals surface area contributed by atoms with Gasteiger partial charge in [-0.05, 0) is 0 Å². The molecule has 1 aromatic heterocycles. The van der Waals surface area contributed by atoms with Crippen LogP contribution in [0.2, 0.25) is 5.02 Å². The second-order valence-electron chi connectivity index (χ2n) is 2.81. The molecule has 0 atom stereocenters. The molecule has 1 heterocycles. The Labute approximate surface area is 91.1 Å². The molecule has 1 rings (SSSR count). The van der Waals surface area contributed by atoms with Crippen LogP contribution in [0.4, 0.5) is 0 Å². The van der Waals surface area contributed by atoms with Crippen molar-refractivity contribution in [3.63, 3.8) is 0 Å². The highest BCUT2D eigenvalue weighted by Gasteiger charge is 2.00. The first-order valence-electron chi connectivity index (χ1n) is 4.28. The summed E-state index contributed by atoms with van der Waals surface area (Å²) in [5, 5.41) is 2.91. The molecule has 80 valence electrons. The number of nitrogens with one attached hydrogen (secondary N) is 2. The highest BCUT2D eigenvalue weighted by molar-refractivity contribution is 6.30. The van der Waals surface area contributed by atoms with Crippen molar-refractivity contribution >= 4 is 11.6 Å². The fraction of sp³-hybridized carbons (Fsp3) is 0.333. The standard InChI is InChI=1S/C9H10ClN3O2/c1-2-3-11-4-5-13-6-7(10)8(14)12-9(13)15/h1,6,11H,3-5H2,(H,12,14,15). The van der Waals surface area contributed by atoms with Crippen molar-refractivity contribution in [1.29, 1.82) is 0 Å². The first-order chi connectivity index (χ1) is 7.15. The highest BCUT2D eigenvalue weighted by atomic mass is 35.5. The van der Waals surface area contributed by atoms with Crippen LogP contribution in [-0.4, -0.2) is 22.6 Å². The molecule has 0 radical (unpaired) electrons. The van der Waals surface area contributed by atoms with Crippen molar-refractivity contribution in [3.05, 3.63) is 32.1 Å². The van der Waals surface area contributed by atoms with Crippen LogP contribution in [0.25, 0.3) is 0 Å². The van der Waals surface area contributed by atoms with E-state index in [0.29, 0.717) is 19.6 Å². The molecule has 5 nitrogen and oxygen atoms in total. The zero-order valence-corrected chi connectivity index (χ0v) is 8.67. The van der Waals surface area contributed by atoms with E-state index in [1.54, 1.807) is 0 Å². The van der Waals surface area contributed by atoms with Crippen LogP contribution in [0.1, 0.15) is 0 Å². The summed E-state index contributed by atoms with van der Waals surface area (Å²) in [5.41, 5.74) is -1.05. The van der Waals surface area contributed by atoms with Gasteiger partial charge in [-0.3, -0.25) is 14.3 Å². The molecule has 0 aliphatic carbocycles. The van der Waals surface area contributed by atoms with Crippen molar-refractivity contribution in [2.45, 2.75) is 6.54 Å². The molecule has 0 aliphatic heterocycles. The Morgan fingerprint density at radius 1 is 1.60 bits per heavy atom. The van der Waals surface area contributed by atoms with E-state index in [2.05, 4.69) is 16.2 Å². The summed E-state index contributed by atoms with van der Waals surface area (Å²) in [4.78, 5) is 24.3. The minimum Gasteiger partial charge on any atom is -0.304 e. The van der Waals surface area contributed by atoms with Crippen molar-refractivity contribution in [2.24, 2.45) is 0 Å². The Bertz CT molecular complexity index is 483. The minimum atomic E-state index is -0.575. The number of hydrogen-bond acceptors (Lipinski definition) is 3. The number of aromatic nitrogens is 2. The van der Waals surface area contributed by atoms with Crippen LogP contribution in [0.5, 0.6) is 0 Å². The largest absolute Gasteiger partial charge is 0.328 e. The van der Waals surface area contributed by atoms with Crippen LogP contribution < -0.4 is 16.6 Å². The molecular weight excluding hydrogens is 218 g/mol. The molecule has 0 aliphatic rings. The maximum Gasteiger partial charge on any atom is 0.328 e. The van der Waals surface area contributed by atoms with Gasteiger partial charge in [-0.15, -0.1) is 6.42 Å². The lowest BCUT2D eigenvalue weighted by molar-refractivity contribution is 0.598. The first-order valence-corrected chi connectivity index (χ1v) is 4.66. The molecule has 0 bridgehead atoms. The molecule has 0 amide bonds. The molecule has 15 heavy (non-hydrogen) atoms. The summed E-state index contributed by atoms with van der Waals surface area (Å²) >= 11 is 5.57. The monoisotopic (exact) mass is 227 g/mol. The van der Waals surface area contributed by atoms with Crippen LogP contribution in [0.3, 0.4) is 0 Å². The number of rotatable bonds is 4. The Morgan fingerprint density at radius 3 is 3.00 bits per heavy atom. The minimum absolute atomic E-state index is 0.00782. The van der Waals surface area contributed by atoms with E-state index < -0.39 is 11.2 Å². The number of hydrogen-bond donors (Lipinski definition) is 2. The predicted octanol–water partition coefficient (Wildman–Crippen LogP) is -0.587. The molecular formula is C9H10ClN3O2. The fourth-order valence-electron chi connectivity index (χ4n) is 1.01. The lowest BCUT2D eigenvalue weighted by Gasteiger charge is -2.04. The topological polar surface area (TPSA) is 66.9 Å². The molecule has 0 fully saturated rings. The Balaban J connectivity index is 2.71. The van der Waals surface area contributed by atoms with Gasteiger partial charge < -0.3 is 5.32 Å². The van der Waals surface area contributed by atoms with Crippen LogP contribution in [0, 0.1) is 12.3 Å². The van der Waals surface area contributed by atoms with Crippen LogP contribution >= 0.6 is 11.6 Å². The Kier molecular flexibility index (Phi) is 4.16. The van der Waals surface area contributed by atoms with Gasteiger partial charge in [0.05, 0.1) is 6.54 Å². The number of halogens is 1. The van der Waals surface area contributed by atoms with Crippen molar-refractivity contribution < 1.29 is 0 Å². The summed E-state index contributed by atoms with van der Waals surface area (Å²) in [6.07, 6.45) is 6.34. The number of terminal acetylenes is 1.